The first-order chi connectivity index (χ1) is 12.6. The topological polar surface area (TPSA) is 86.9 Å². The zero-order valence-corrected chi connectivity index (χ0v) is 14.4. The number of aromatic nitrogens is 2. The second-order valence-corrected chi connectivity index (χ2v) is 6.02. The highest BCUT2D eigenvalue weighted by Crippen LogP contribution is 2.40. The van der Waals surface area contributed by atoms with Crippen LogP contribution in [-0.2, 0) is 4.79 Å². The van der Waals surface area contributed by atoms with Crippen molar-refractivity contribution in [3.8, 4) is 17.3 Å². The molecule has 0 bridgehead atoms. The van der Waals surface area contributed by atoms with Gasteiger partial charge in [0.2, 0.25) is 0 Å². The van der Waals surface area contributed by atoms with Gasteiger partial charge in [-0.25, -0.2) is 9.97 Å². The van der Waals surface area contributed by atoms with Crippen LogP contribution in [0.5, 0.6) is 0 Å². The molecule has 132 valence electrons. The third-order valence-corrected chi connectivity index (χ3v) is 4.25. The third kappa shape index (κ3) is 4.02. The van der Waals surface area contributed by atoms with Gasteiger partial charge in [-0.3, -0.25) is 4.79 Å². The molecule has 1 N–H and O–H groups in total. The highest BCUT2D eigenvalue weighted by Gasteiger charge is 2.31. The van der Waals surface area contributed by atoms with E-state index < -0.39 is 11.5 Å². The summed E-state index contributed by atoms with van der Waals surface area (Å²) in [4.78, 5) is 18.5. The Bertz CT molecular complexity index is 974. The SMILES string of the molecule is CO.N#Cc1ccc(-c2ncncc2SC(F)(F)C=O)c2ccccc12. The molecular weight excluding hydrogens is 360 g/mol. The summed E-state index contributed by atoms with van der Waals surface area (Å²) in [5.41, 5.74) is 1.37. The van der Waals surface area contributed by atoms with Crippen molar-refractivity contribution < 1.29 is 18.7 Å². The molecule has 5 nitrogen and oxygen atoms in total. The summed E-state index contributed by atoms with van der Waals surface area (Å²) >= 11 is 0.0945. The number of aldehydes is 1. The molecule has 0 radical (unpaired) electrons. The van der Waals surface area contributed by atoms with Crippen LogP contribution in [-0.4, -0.2) is 33.7 Å². The van der Waals surface area contributed by atoms with Gasteiger partial charge in [0.05, 0.1) is 22.2 Å². The largest absolute Gasteiger partial charge is 0.400 e. The lowest BCUT2D eigenvalue weighted by atomic mass is 9.98. The van der Waals surface area contributed by atoms with Gasteiger partial charge in [0.1, 0.15) is 6.33 Å². The molecule has 2 aromatic carbocycles. The molecule has 1 aromatic heterocycles. The number of aliphatic hydroxyl groups excluding tert-OH is 1. The quantitative estimate of drug-likeness (QED) is 0.555. The molecule has 0 aliphatic heterocycles. The molecule has 0 spiro atoms. The summed E-state index contributed by atoms with van der Waals surface area (Å²) in [6.45, 7) is 0. The van der Waals surface area contributed by atoms with Crippen molar-refractivity contribution >= 4 is 28.8 Å². The Kier molecular flexibility index (Phi) is 6.33. The molecule has 0 saturated carbocycles. The lowest BCUT2D eigenvalue weighted by Crippen LogP contribution is -2.12. The monoisotopic (exact) mass is 373 g/mol. The maximum atomic E-state index is 13.5. The molecule has 26 heavy (non-hydrogen) atoms. The van der Waals surface area contributed by atoms with Crippen molar-refractivity contribution in [2.24, 2.45) is 0 Å². The summed E-state index contributed by atoms with van der Waals surface area (Å²) in [5, 5.41) is 14.1. The molecule has 0 aliphatic carbocycles. The van der Waals surface area contributed by atoms with Crippen molar-refractivity contribution in [3.05, 3.63) is 54.5 Å². The molecule has 3 rings (SSSR count). The van der Waals surface area contributed by atoms with Crippen LogP contribution in [0, 0.1) is 11.3 Å². The van der Waals surface area contributed by atoms with Crippen molar-refractivity contribution in [2.75, 3.05) is 7.11 Å². The van der Waals surface area contributed by atoms with Crippen molar-refractivity contribution in [1.29, 1.82) is 5.26 Å². The van der Waals surface area contributed by atoms with Gasteiger partial charge in [-0.15, -0.1) is 0 Å². The Morgan fingerprint density at radius 3 is 2.54 bits per heavy atom. The van der Waals surface area contributed by atoms with E-state index in [1.165, 1.54) is 12.5 Å². The van der Waals surface area contributed by atoms with Crippen LogP contribution in [0.15, 0.2) is 53.8 Å². The number of carbonyl (C=O) groups excluding carboxylic acids is 1. The summed E-state index contributed by atoms with van der Waals surface area (Å²) in [7, 11) is 1.00. The van der Waals surface area contributed by atoms with E-state index in [-0.39, 0.29) is 22.4 Å². The maximum Gasteiger partial charge on any atom is 0.352 e. The normalized spacial score (nSPS) is 10.6. The Morgan fingerprint density at radius 1 is 1.19 bits per heavy atom. The van der Waals surface area contributed by atoms with E-state index in [2.05, 4.69) is 16.0 Å². The van der Waals surface area contributed by atoms with Crippen LogP contribution in [0.25, 0.3) is 22.0 Å². The van der Waals surface area contributed by atoms with Gasteiger partial charge in [0, 0.05) is 24.3 Å². The molecule has 0 unspecified atom stereocenters. The third-order valence-electron chi connectivity index (χ3n) is 3.36. The summed E-state index contributed by atoms with van der Waals surface area (Å²) < 4.78 is 26.9. The van der Waals surface area contributed by atoms with Gasteiger partial charge in [-0.2, -0.15) is 14.0 Å². The highest BCUT2D eigenvalue weighted by molar-refractivity contribution is 8.01. The minimum absolute atomic E-state index is 0.0875. The molecule has 0 saturated heterocycles. The van der Waals surface area contributed by atoms with Crippen LogP contribution in [0.3, 0.4) is 0 Å². The van der Waals surface area contributed by atoms with E-state index in [9.17, 15) is 18.8 Å². The van der Waals surface area contributed by atoms with Crippen LogP contribution in [0.4, 0.5) is 8.78 Å². The standard InChI is InChI=1S/C17H9F2N3OS.CH4O/c18-17(19,9-23)24-15-8-21-10-22-16(15)14-6-5-11(7-20)12-3-1-2-4-13(12)14;1-2/h1-6,8-10H;2H,1H3. The van der Waals surface area contributed by atoms with E-state index in [0.29, 0.717) is 21.9 Å². The lowest BCUT2D eigenvalue weighted by molar-refractivity contribution is -0.119. The van der Waals surface area contributed by atoms with Gasteiger partial charge < -0.3 is 5.11 Å². The molecule has 1 heterocycles. The smallest absolute Gasteiger partial charge is 0.352 e. The lowest BCUT2D eigenvalue weighted by Gasteiger charge is -2.13. The fraction of sp³-hybridized carbons (Fsp3) is 0.111. The van der Waals surface area contributed by atoms with Crippen molar-refractivity contribution in [3.63, 3.8) is 0 Å². The first-order valence-corrected chi connectivity index (χ1v) is 8.07. The Balaban J connectivity index is 0.00000117. The molecule has 0 atom stereocenters. The van der Waals surface area contributed by atoms with E-state index in [0.717, 1.165) is 7.11 Å². The average molecular weight is 373 g/mol. The van der Waals surface area contributed by atoms with Crippen molar-refractivity contribution in [1.82, 2.24) is 9.97 Å². The predicted molar refractivity (Wildman–Crippen MR) is 94.7 cm³/mol. The van der Waals surface area contributed by atoms with E-state index in [1.807, 2.05) is 0 Å². The number of benzene rings is 2. The summed E-state index contributed by atoms with van der Waals surface area (Å²) in [6.07, 6.45) is 2.09. The summed E-state index contributed by atoms with van der Waals surface area (Å²) in [6, 6.07) is 12.5. The van der Waals surface area contributed by atoms with Gasteiger partial charge in [0.15, 0.2) is 6.29 Å². The minimum atomic E-state index is -3.57. The number of hydrogen-bond acceptors (Lipinski definition) is 6. The number of nitriles is 1. The molecule has 0 fully saturated rings. The number of carbonyl (C=O) groups is 1. The average Bonchev–Trinajstić information content (AvgIpc) is 2.69. The molecule has 0 amide bonds. The first-order valence-electron chi connectivity index (χ1n) is 7.26. The van der Waals surface area contributed by atoms with Gasteiger partial charge >= 0.3 is 5.25 Å². The number of alkyl halides is 2. The van der Waals surface area contributed by atoms with Gasteiger partial charge in [0.25, 0.3) is 0 Å². The van der Waals surface area contributed by atoms with Crippen LogP contribution >= 0.6 is 11.8 Å². The highest BCUT2D eigenvalue weighted by atomic mass is 32.2. The fourth-order valence-corrected chi connectivity index (χ4v) is 3.08. The number of nitrogens with zero attached hydrogens (tertiary/aromatic N) is 3. The van der Waals surface area contributed by atoms with Gasteiger partial charge in [-0.05, 0) is 23.2 Å². The van der Waals surface area contributed by atoms with Crippen LogP contribution in [0.2, 0.25) is 0 Å². The number of rotatable bonds is 4. The number of hydrogen-bond donors (Lipinski definition) is 1. The molecule has 0 aliphatic rings. The Hall–Kier alpha value is -2.89. The minimum Gasteiger partial charge on any atom is -0.400 e. The zero-order chi connectivity index (χ0) is 19.2. The van der Waals surface area contributed by atoms with E-state index in [4.69, 9.17) is 5.11 Å². The zero-order valence-electron chi connectivity index (χ0n) is 13.6. The summed E-state index contributed by atoms with van der Waals surface area (Å²) in [5.74, 6) is 0. The van der Waals surface area contributed by atoms with E-state index in [1.54, 1.807) is 36.4 Å². The van der Waals surface area contributed by atoms with Crippen LogP contribution < -0.4 is 0 Å². The van der Waals surface area contributed by atoms with Crippen LogP contribution in [0.1, 0.15) is 5.56 Å². The predicted octanol–water partition coefficient (Wildman–Crippen LogP) is 3.66. The Labute approximate surface area is 152 Å². The number of halogens is 2. The second-order valence-electron chi connectivity index (χ2n) is 4.84. The first kappa shape index (κ1) is 19.4. The maximum absolute atomic E-state index is 13.5. The number of aliphatic hydroxyl groups is 1. The number of thioether (sulfide) groups is 1. The molecule has 8 heteroatoms. The van der Waals surface area contributed by atoms with Crippen molar-refractivity contribution in [2.45, 2.75) is 10.2 Å². The Morgan fingerprint density at radius 2 is 1.88 bits per heavy atom. The molecular formula is C18H13F2N3O2S. The van der Waals surface area contributed by atoms with Gasteiger partial charge in [-0.1, -0.05) is 30.3 Å². The van der Waals surface area contributed by atoms with E-state index >= 15 is 0 Å². The molecule has 3 aromatic rings. The number of fused-ring (bicyclic) bond motifs is 1. The fourth-order valence-electron chi connectivity index (χ4n) is 2.37. The second kappa shape index (κ2) is 8.47.